The Hall–Kier alpha value is -3.70. The largest absolute Gasteiger partial charge is 0.306 e. The summed E-state index contributed by atoms with van der Waals surface area (Å²) in [6, 6.07) is 34.1. The van der Waals surface area contributed by atoms with Gasteiger partial charge in [-0.05, 0) is 35.7 Å². The highest BCUT2D eigenvalue weighted by molar-refractivity contribution is 8.93. The molecule has 4 aromatic carbocycles. The fourth-order valence-corrected chi connectivity index (χ4v) is 4.20. The second kappa shape index (κ2) is 10.1. The van der Waals surface area contributed by atoms with Crippen molar-refractivity contribution in [3.05, 3.63) is 125 Å². The topological polar surface area (TPSA) is 50.8 Å². The van der Waals surface area contributed by atoms with Gasteiger partial charge in [0.2, 0.25) is 5.62 Å². The molecule has 0 aliphatic carbocycles. The zero-order valence-electron chi connectivity index (χ0n) is 18.9. The number of para-hydroxylation sites is 2. The molecule has 0 atom stereocenters. The van der Waals surface area contributed by atoms with Crippen molar-refractivity contribution in [3.63, 3.8) is 0 Å². The highest BCUT2D eigenvalue weighted by Crippen LogP contribution is 2.20. The Labute approximate surface area is 209 Å². The van der Waals surface area contributed by atoms with Gasteiger partial charge in [0.1, 0.15) is 0 Å². The fourth-order valence-electron chi connectivity index (χ4n) is 4.20. The third kappa shape index (κ3) is 4.66. The molecular weight excluding hydrogens is 486 g/mol. The van der Waals surface area contributed by atoms with Crippen LogP contribution in [0.3, 0.4) is 0 Å². The maximum absolute atomic E-state index is 13.1. The van der Waals surface area contributed by atoms with Crippen LogP contribution in [0, 0.1) is 12.3 Å². The Morgan fingerprint density at radius 3 is 1.91 bits per heavy atom. The molecule has 1 heterocycles. The van der Waals surface area contributed by atoms with E-state index in [1.807, 2.05) is 71.3 Å². The van der Waals surface area contributed by atoms with Crippen LogP contribution in [0.5, 0.6) is 0 Å². The molecule has 4 nitrogen and oxygen atoms in total. The molecule has 0 spiro atoms. The van der Waals surface area contributed by atoms with Crippen LogP contribution in [0.2, 0.25) is 0 Å². The molecule has 5 aromatic rings. The molecule has 0 saturated heterocycles. The van der Waals surface area contributed by atoms with Gasteiger partial charge in [0.05, 0.1) is 24.1 Å². The zero-order valence-corrected chi connectivity index (χ0v) is 20.7. The summed E-state index contributed by atoms with van der Waals surface area (Å²) in [5, 5.41) is 8.84. The van der Waals surface area contributed by atoms with E-state index in [4.69, 9.17) is 5.41 Å². The first-order chi connectivity index (χ1) is 16.1. The SMILES string of the molecule is Br.Cc1ccc(Cn2c(=N)n(CC(=O)c3ccc(-c4ccccc4)cc3)c3ccccc32)cc1. The van der Waals surface area contributed by atoms with E-state index in [0.29, 0.717) is 17.7 Å². The Balaban J connectivity index is 0.00000274. The van der Waals surface area contributed by atoms with Crippen LogP contribution < -0.4 is 5.62 Å². The van der Waals surface area contributed by atoms with Crippen molar-refractivity contribution in [2.24, 2.45) is 0 Å². The predicted molar refractivity (Wildman–Crippen MR) is 143 cm³/mol. The molecule has 0 unspecified atom stereocenters. The molecule has 5 heteroatoms. The number of imidazole rings is 1. The summed E-state index contributed by atoms with van der Waals surface area (Å²) in [5.74, 6) is -0.00801. The number of ketones is 1. The quantitative estimate of drug-likeness (QED) is 0.263. The van der Waals surface area contributed by atoms with Gasteiger partial charge in [-0.25, -0.2) is 0 Å². The standard InChI is InChI=1S/C29H25N3O.BrH/c1-21-11-13-22(14-12-21)19-31-26-9-5-6-10-27(26)32(29(31)30)20-28(33)25-17-15-24(16-18-25)23-7-3-2-4-8-23;/h2-18,30H,19-20H2,1H3;1H. The molecule has 1 N–H and O–H groups in total. The lowest BCUT2D eigenvalue weighted by Crippen LogP contribution is -2.27. The first-order valence-corrected chi connectivity index (χ1v) is 11.1. The minimum Gasteiger partial charge on any atom is -0.306 e. The average Bonchev–Trinajstić information content (AvgIpc) is 3.12. The molecule has 5 rings (SSSR count). The van der Waals surface area contributed by atoms with Crippen LogP contribution in [0.15, 0.2) is 103 Å². The second-order valence-electron chi connectivity index (χ2n) is 8.34. The normalized spacial score (nSPS) is 10.7. The Bertz CT molecular complexity index is 1480. The number of benzene rings is 4. The van der Waals surface area contributed by atoms with Crippen LogP contribution in [0.4, 0.5) is 0 Å². The number of rotatable bonds is 6. The monoisotopic (exact) mass is 511 g/mol. The van der Waals surface area contributed by atoms with Gasteiger partial charge >= 0.3 is 0 Å². The molecule has 0 radical (unpaired) electrons. The fraction of sp³-hybridized carbons (Fsp3) is 0.103. The number of nitrogens with zero attached hydrogens (tertiary/aromatic N) is 2. The van der Waals surface area contributed by atoms with Crippen LogP contribution in [-0.4, -0.2) is 14.9 Å². The number of nitrogens with one attached hydrogen (secondary N) is 1. The Morgan fingerprint density at radius 2 is 1.26 bits per heavy atom. The van der Waals surface area contributed by atoms with E-state index in [1.54, 1.807) is 4.57 Å². The molecule has 0 fully saturated rings. The number of fused-ring (bicyclic) bond motifs is 1. The number of aryl methyl sites for hydroxylation is 1. The Kier molecular flexibility index (Phi) is 6.94. The van der Waals surface area contributed by atoms with E-state index < -0.39 is 0 Å². The number of carbonyl (C=O) groups is 1. The molecule has 170 valence electrons. The molecule has 0 aliphatic rings. The van der Waals surface area contributed by atoms with Gasteiger partial charge in [0, 0.05) is 5.56 Å². The highest BCUT2D eigenvalue weighted by Gasteiger charge is 2.15. The maximum atomic E-state index is 13.1. The van der Waals surface area contributed by atoms with Gasteiger partial charge in [0.15, 0.2) is 5.78 Å². The number of halogens is 1. The van der Waals surface area contributed by atoms with E-state index in [9.17, 15) is 4.79 Å². The van der Waals surface area contributed by atoms with E-state index in [1.165, 1.54) is 5.56 Å². The van der Waals surface area contributed by atoms with Crippen LogP contribution >= 0.6 is 17.0 Å². The summed E-state index contributed by atoms with van der Waals surface area (Å²) in [6.07, 6.45) is 0. The summed E-state index contributed by atoms with van der Waals surface area (Å²) in [4.78, 5) is 13.1. The minimum atomic E-state index is -0.00801. The van der Waals surface area contributed by atoms with Crippen molar-refractivity contribution in [1.29, 1.82) is 5.41 Å². The van der Waals surface area contributed by atoms with Crippen molar-refractivity contribution < 1.29 is 4.79 Å². The van der Waals surface area contributed by atoms with Crippen molar-refractivity contribution in [1.82, 2.24) is 9.13 Å². The summed E-state index contributed by atoms with van der Waals surface area (Å²) in [6.45, 7) is 2.79. The lowest BCUT2D eigenvalue weighted by Gasteiger charge is -2.07. The number of hydrogen-bond acceptors (Lipinski definition) is 2. The predicted octanol–water partition coefficient (Wildman–Crippen LogP) is 6.41. The lowest BCUT2D eigenvalue weighted by molar-refractivity contribution is 0.0971. The highest BCUT2D eigenvalue weighted by atomic mass is 79.9. The smallest absolute Gasteiger partial charge is 0.203 e. The van der Waals surface area contributed by atoms with Crippen molar-refractivity contribution in [2.75, 3.05) is 0 Å². The molecule has 0 bridgehead atoms. The number of hydrogen-bond donors (Lipinski definition) is 1. The molecule has 34 heavy (non-hydrogen) atoms. The van der Waals surface area contributed by atoms with E-state index in [0.717, 1.165) is 27.7 Å². The van der Waals surface area contributed by atoms with Crippen molar-refractivity contribution in [3.8, 4) is 11.1 Å². The first-order valence-electron chi connectivity index (χ1n) is 11.1. The van der Waals surface area contributed by atoms with Crippen LogP contribution in [0.25, 0.3) is 22.2 Å². The van der Waals surface area contributed by atoms with Crippen LogP contribution in [0.1, 0.15) is 21.5 Å². The second-order valence-corrected chi connectivity index (χ2v) is 8.34. The minimum absolute atomic E-state index is 0. The van der Waals surface area contributed by atoms with E-state index in [2.05, 4.69) is 43.3 Å². The summed E-state index contributed by atoms with van der Waals surface area (Å²) in [7, 11) is 0. The van der Waals surface area contributed by atoms with Gasteiger partial charge < -0.3 is 9.13 Å². The van der Waals surface area contributed by atoms with Gasteiger partial charge in [-0.15, -0.1) is 17.0 Å². The number of aromatic nitrogens is 2. The molecule has 0 saturated carbocycles. The first kappa shape index (κ1) is 23.5. The van der Waals surface area contributed by atoms with Gasteiger partial charge in [-0.1, -0.05) is 96.6 Å². The lowest BCUT2D eigenvalue weighted by atomic mass is 10.0. The van der Waals surface area contributed by atoms with Crippen LogP contribution in [-0.2, 0) is 13.1 Å². The van der Waals surface area contributed by atoms with E-state index >= 15 is 0 Å². The van der Waals surface area contributed by atoms with Crippen molar-refractivity contribution >= 4 is 33.8 Å². The summed E-state index contributed by atoms with van der Waals surface area (Å²) >= 11 is 0. The molecular formula is C29H26BrN3O. The van der Waals surface area contributed by atoms with Crippen molar-refractivity contribution in [2.45, 2.75) is 20.0 Å². The average molecular weight is 512 g/mol. The molecule has 0 amide bonds. The number of carbonyl (C=O) groups excluding carboxylic acids is 1. The Morgan fingerprint density at radius 1 is 0.706 bits per heavy atom. The molecule has 1 aromatic heterocycles. The zero-order chi connectivity index (χ0) is 22.8. The maximum Gasteiger partial charge on any atom is 0.203 e. The summed E-state index contributed by atoms with van der Waals surface area (Å²) < 4.78 is 3.77. The van der Waals surface area contributed by atoms with Gasteiger partial charge in [-0.3, -0.25) is 10.2 Å². The van der Waals surface area contributed by atoms with Gasteiger partial charge in [0.25, 0.3) is 0 Å². The van der Waals surface area contributed by atoms with Gasteiger partial charge in [-0.2, -0.15) is 0 Å². The summed E-state index contributed by atoms with van der Waals surface area (Å²) in [5.41, 5.74) is 7.36. The third-order valence-electron chi connectivity index (χ3n) is 6.05. The molecule has 0 aliphatic heterocycles. The van der Waals surface area contributed by atoms with E-state index in [-0.39, 0.29) is 29.3 Å². The third-order valence-corrected chi connectivity index (χ3v) is 6.05. The number of Topliss-reactive ketones (excluding diaryl/α,β-unsaturated/α-hetero) is 1.